The highest BCUT2D eigenvalue weighted by molar-refractivity contribution is 6.30. The Hall–Kier alpha value is -2.80. The molecule has 5 atom stereocenters. The largest absolute Gasteiger partial charge is 0.487 e. The molecule has 2 N–H and O–H groups in total. The topological polar surface area (TPSA) is 79.2 Å². The monoisotopic (exact) mass is 609 g/mol. The van der Waals surface area contributed by atoms with E-state index in [-0.39, 0.29) is 18.3 Å². The van der Waals surface area contributed by atoms with E-state index < -0.39 is 17.7 Å². The van der Waals surface area contributed by atoms with Gasteiger partial charge in [-0.2, -0.15) is 0 Å². The second-order valence-corrected chi connectivity index (χ2v) is 12.7. The summed E-state index contributed by atoms with van der Waals surface area (Å²) >= 11 is 6.34. The van der Waals surface area contributed by atoms with Gasteiger partial charge in [-0.1, -0.05) is 49.2 Å². The summed E-state index contributed by atoms with van der Waals surface area (Å²) in [6.07, 6.45) is 10.4. The van der Waals surface area contributed by atoms with Crippen LogP contribution in [-0.4, -0.2) is 42.5 Å². The van der Waals surface area contributed by atoms with Crippen LogP contribution in [0.25, 0.3) is 0 Å². The molecule has 0 aromatic heterocycles. The Morgan fingerprint density at radius 3 is 2.72 bits per heavy atom. The minimum absolute atomic E-state index is 0.146. The fourth-order valence-corrected chi connectivity index (χ4v) is 6.91. The summed E-state index contributed by atoms with van der Waals surface area (Å²) < 4.78 is 11.6. The lowest BCUT2D eigenvalue weighted by molar-refractivity contribution is -0.164. The molecule has 1 unspecified atom stereocenters. The van der Waals surface area contributed by atoms with Gasteiger partial charge >= 0.3 is 5.97 Å². The van der Waals surface area contributed by atoms with E-state index in [0.29, 0.717) is 30.3 Å². The molecule has 1 saturated carbocycles. The highest BCUT2D eigenvalue weighted by atomic mass is 35.5. The summed E-state index contributed by atoms with van der Waals surface area (Å²) in [5, 5.41) is 23.2. The first kappa shape index (κ1) is 33.1. The molecule has 6 nitrogen and oxygen atoms in total. The number of anilines is 1. The average molecular weight is 610 g/mol. The van der Waals surface area contributed by atoms with Crippen molar-refractivity contribution in [3.63, 3.8) is 0 Å². The molecule has 1 aliphatic carbocycles. The number of aliphatic hydroxyl groups excluding tert-OH is 1. The maximum atomic E-state index is 13.1. The Labute approximate surface area is 262 Å². The van der Waals surface area contributed by atoms with E-state index in [1.54, 1.807) is 12.1 Å². The first-order chi connectivity index (χ1) is 20.7. The summed E-state index contributed by atoms with van der Waals surface area (Å²) in [4.78, 5) is 15.4. The number of methoxy groups -OCH3 is 1. The first-order valence-corrected chi connectivity index (χ1v) is 16.1. The Balaban J connectivity index is 1.72. The fourth-order valence-electron chi connectivity index (χ4n) is 6.72. The predicted molar refractivity (Wildman–Crippen MR) is 174 cm³/mol. The standard InChI is InChI=1S/C36H48ClNO5/c1-5-7-8-9-11-18-36(41,35(40)42-4)28-15-17-34-32(22-28)38(23-31-25(3)20-30(31)33(39)6-2)19-12-10-13-26-21-29(37)16-14-27(26)24-43-34/h5-6,14-17,21-22,25,30-31,33,39,41H,1-2,7-13,18-20,23-24H2,3-4H3/t25-,30-,31-,33+,36?/m1/s1. The number of rotatable bonds is 12. The lowest BCUT2D eigenvalue weighted by Gasteiger charge is -2.47. The van der Waals surface area contributed by atoms with Gasteiger partial charge in [0.05, 0.1) is 18.9 Å². The molecule has 0 amide bonds. The van der Waals surface area contributed by atoms with Gasteiger partial charge in [-0.05, 0) is 110 Å². The molecule has 0 bridgehead atoms. The Morgan fingerprint density at radius 1 is 1.19 bits per heavy atom. The molecular weight excluding hydrogens is 562 g/mol. The lowest BCUT2D eigenvalue weighted by Crippen LogP contribution is -2.48. The second-order valence-electron chi connectivity index (χ2n) is 12.3. The molecule has 43 heavy (non-hydrogen) atoms. The van der Waals surface area contributed by atoms with Gasteiger partial charge in [-0.25, -0.2) is 4.79 Å². The minimum atomic E-state index is -1.77. The van der Waals surface area contributed by atoms with Gasteiger partial charge in [0.2, 0.25) is 0 Å². The summed E-state index contributed by atoms with van der Waals surface area (Å²) in [5.74, 6) is 0.909. The third-order valence-electron chi connectivity index (χ3n) is 9.46. The van der Waals surface area contributed by atoms with Gasteiger partial charge in [0.15, 0.2) is 5.60 Å². The van der Waals surface area contributed by atoms with Crippen molar-refractivity contribution in [2.45, 2.75) is 83.0 Å². The number of hydrogen-bond acceptors (Lipinski definition) is 6. The number of carbonyl (C=O) groups excluding carboxylic acids is 1. The first-order valence-electron chi connectivity index (χ1n) is 15.7. The third-order valence-corrected chi connectivity index (χ3v) is 9.69. The molecule has 4 rings (SSSR count). The van der Waals surface area contributed by atoms with Crippen LogP contribution in [0.2, 0.25) is 5.02 Å². The average Bonchev–Trinajstić information content (AvgIpc) is 3.04. The van der Waals surface area contributed by atoms with E-state index in [1.807, 2.05) is 36.4 Å². The molecule has 7 heteroatoms. The zero-order chi connectivity index (χ0) is 31.0. The van der Waals surface area contributed by atoms with Gasteiger partial charge in [-0.15, -0.1) is 13.2 Å². The van der Waals surface area contributed by atoms with E-state index in [9.17, 15) is 15.0 Å². The number of hydrogen-bond donors (Lipinski definition) is 2. The molecule has 2 aliphatic rings. The van der Waals surface area contributed by atoms with Crippen molar-refractivity contribution in [2.75, 3.05) is 25.1 Å². The molecular formula is C36H48ClNO5. The summed E-state index contributed by atoms with van der Waals surface area (Å²) in [7, 11) is 1.32. The van der Waals surface area contributed by atoms with Crippen molar-refractivity contribution in [2.24, 2.45) is 17.8 Å². The maximum absolute atomic E-state index is 13.1. The number of unbranched alkanes of at least 4 members (excludes halogenated alkanes) is 3. The number of fused-ring (bicyclic) bond motifs is 2. The van der Waals surface area contributed by atoms with E-state index >= 15 is 0 Å². The third kappa shape index (κ3) is 7.84. The van der Waals surface area contributed by atoms with Gasteiger partial charge in [0, 0.05) is 18.1 Å². The van der Waals surface area contributed by atoms with Crippen molar-refractivity contribution < 1.29 is 24.5 Å². The van der Waals surface area contributed by atoms with Crippen LogP contribution in [0.1, 0.15) is 75.0 Å². The van der Waals surface area contributed by atoms with Crippen LogP contribution in [0.15, 0.2) is 61.7 Å². The van der Waals surface area contributed by atoms with Gasteiger partial charge in [0.25, 0.3) is 0 Å². The highest BCUT2D eigenvalue weighted by Crippen LogP contribution is 2.45. The Bertz CT molecular complexity index is 1260. The quantitative estimate of drug-likeness (QED) is 0.148. The summed E-state index contributed by atoms with van der Waals surface area (Å²) in [6, 6.07) is 11.5. The van der Waals surface area contributed by atoms with Crippen molar-refractivity contribution in [3.8, 4) is 5.75 Å². The van der Waals surface area contributed by atoms with Crippen LogP contribution < -0.4 is 9.64 Å². The minimum Gasteiger partial charge on any atom is -0.487 e. The van der Waals surface area contributed by atoms with Crippen molar-refractivity contribution in [1.82, 2.24) is 0 Å². The second kappa shape index (κ2) is 15.3. The van der Waals surface area contributed by atoms with Crippen LogP contribution in [0, 0.1) is 17.8 Å². The van der Waals surface area contributed by atoms with E-state index in [4.69, 9.17) is 21.1 Å². The van der Waals surface area contributed by atoms with E-state index in [0.717, 1.165) is 74.3 Å². The number of ether oxygens (including phenoxy) is 2. The van der Waals surface area contributed by atoms with E-state index in [2.05, 4.69) is 25.0 Å². The highest BCUT2D eigenvalue weighted by Gasteiger charge is 2.43. The van der Waals surface area contributed by atoms with Crippen LogP contribution in [-0.2, 0) is 28.2 Å². The number of allylic oxidation sites excluding steroid dienone is 1. The molecule has 2 aromatic carbocycles. The number of carbonyl (C=O) groups is 1. The van der Waals surface area contributed by atoms with E-state index in [1.165, 1.54) is 12.7 Å². The number of benzene rings is 2. The number of esters is 1. The zero-order valence-corrected chi connectivity index (χ0v) is 26.5. The molecule has 234 valence electrons. The molecule has 2 aromatic rings. The van der Waals surface area contributed by atoms with Crippen LogP contribution in [0.4, 0.5) is 5.69 Å². The van der Waals surface area contributed by atoms with Crippen LogP contribution in [0.3, 0.4) is 0 Å². The SMILES string of the molecule is C=CCCCCCC(O)(C(=O)OC)c1ccc2c(c1)N(C[C@H]1[C@H]([C@@H](O)C=C)C[C@H]1C)CCCCc1cc(Cl)ccc1CO2. The molecule has 1 heterocycles. The molecule has 0 radical (unpaired) electrons. The molecule has 0 spiro atoms. The Morgan fingerprint density at radius 2 is 2.00 bits per heavy atom. The zero-order valence-electron chi connectivity index (χ0n) is 25.8. The molecule has 1 fully saturated rings. The van der Waals surface area contributed by atoms with Gasteiger partial charge in [0.1, 0.15) is 12.4 Å². The molecule has 1 aliphatic heterocycles. The van der Waals surface area contributed by atoms with Crippen molar-refractivity contribution in [3.05, 3.63) is 83.4 Å². The number of aliphatic hydroxyl groups is 2. The number of nitrogens with zero attached hydrogens (tertiary/aromatic N) is 1. The Kier molecular flexibility index (Phi) is 11.8. The van der Waals surface area contributed by atoms with Crippen LogP contribution >= 0.6 is 11.6 Å². The van der Waals surface area contributed by atoms with Crippen molar-refractivity contribution >= 4 is 23.3 Å². The number of halogens is 1. The normalized spacial score (nSPS) is 22.3. The summed E-state index contributed by atoms with van der Waals surface area (Å²) in [6.45, 7) is 11.7. The maximum Gasteiger partial charge on any atom is 0.342 e. The number of aryl methyl sites for hydroxylation is 1. The van der Waals surface area contributed by atoms with Gasteiger partial charge in [-0.3, -0.25) is 0 Å². The predicted octanol–water partition coefficient (Wildman–Crippen LogP) is 7.38. The van der Waals surface area contributed by atoms with Crippen LogP contribution in [0.5, 0.6) is 5.75 Å². The summed E-state index contributed by atoms with van der Waals surface area (Å²) in [5.41, 5.74) is 1.86. The lowest BCUT2D eigenvalue weighted by atomic mass is 9.63. The van der Waals surface area contributed by atoms with Crippen molar-refractivity contribution in [1.29, 1.82) is 0 Å². The van der Waals surface area contributed by atoms with Gasteiger partial charge < -0.3 is 24.6 Å². The fraction of sp³-hybridized carbons (Fsp3) is 0.528. The smallest absolute Gasteiger partial charge is 0.342 e. The molecule has 0 saturated heterocycles.